The predicted octanol–water partition coefficient (Wildman–Crippen LogP) is -0.282. The number of nitrogens with two attached hydrogens (primary N) is 1. The third-order valence-electron chi connectivity index (χ3n) is 1.92. The van der Waals surface area contributed by atoms with Gasteiger partial charge in [0.25, 0.3) is 5.56 Å². The first-order valence-electron chi connectivity index (χ1n) is 5.07. The first-order valence-corrected chi connectivity index (χ1v) is 5.07. The lowest BCUT2D eigenvalue weighted by molar-refractivity contribution is -0.116. The van der Waals surface area contributed by atoms with E-state index in [0.717, 1.165) is 0 Å². The number of hydrogen-bond donors (Lipinski definition) is 2. The van der Waals surface area contributed by atoms with Crippen molar-refractivity contribution in [1.29, 1.82) is 0 Å². The first kappa shape index (κ1) is 12.2. The van der Waals surface area contributed by atoms with Crippen LogP contribution in [0.15, 0.2) is 17.2 Å². The van der Waals surface area contributed by atoms with E-state index in [1.54, 1.807) is 4.90 Å². The summed E-state index contributed by atoms with van der Waals surface area (Å²) in [4.78, 5) is 30.2. The zero-order chi connectivity index (χ0) is 12.1. The minimum Gasteiger partial charge on any atom is -0.368 e. The van der Waals surface area contributed by atoms with Crippen LogP contribution in [-0.4, -0.2) is 29.0 Å². The average molecular weight is 224 g/mol. The van der Waals surface area contributed by atoms with Crippen LogP contribution in [0.25, 0.3) is 0 Å². The van der Waals surface area contributed by atoms with Crippen LogP contribution in [0.5, 0.6) is 0 Å². The van der Waals surface area contributed by atoms with E-state index in [0.29, 0.717) is 18.3 Å². The van der Waals surface area contributed by atoms with Crippen LogP contribution in [-0.2, 0) is 4.79 Å². The number of aromatic amines is 1. The quantitative estimate of drug-likeness (QED) is 0.719. The van der Waals surface area contributed by atoms with Gasteiger partial charge in [-0.1, -0.05) is 13.8 Å². The number of anilines is 1. The van der Waals surface area contributed by atoms with Gasteiger partial charge in [-0.2, -0.15) is 0 Å². The number of H-pyrrole nitrogens is 1. The number of aromatic nitrogens is 2. The van der Waals surface area contributed by atoms with Crippen molar-refractivity contribution in [2.24, 2.45) is 11.7 Å². The Bertz CT molecular complexity index is 413. The van der Waals surface area contributed by atoms with Gasteiger partial charge in [0.1, 0.15) is 5.82 Å². The summed E-state index contributed by atoms with van der Waals surface area (Å²) < 4.78 is 0. The summed E-state index contributed by atoms with van der Waals surface area (Å²) in [5, 5.41) is 0. The molecule has 16 heavy (non-hydrogen) atoms. The van der Waals surface area contributed by atoms with Gasteiger partial charge in [-0.25, -0.2) is 4.98 Å². The van der Waals surface area contributed by atoms with Crippen molar-refractivity contribution in [3.05, 3.63) is 22.7 Å². The van der Waals surface area contributed by atoms with Crippen LogP contribution in [0.2, 0.25) is 0 Å². The molecule has 1 aromatic heterocycles. The normalized spacial score (nSPS) is 10.4. The number of rotatable bonds is 5. The Morgan fingerprint density at radius 1 is 1.62 bits per heavy atom. The van der Waals surface area contributed by atoms with Crippen LogP contribution < -0.4 is 16.2 Å². The van der Waals surface area contributed by atoms with E-state index < -0.39 is 5.91 Å². The highest BCUT2D eigenvalue weighted by Gasteiger charge is 2.12. The van der Waals surface area contributed by atoms with Crippen molar-refractivity contribution in [3.63, 3.8) is 0 Å². The highest BCUT2D eigenvalue weighted by atomic mass is 16.1. The van der Waals surface area contributed by atoms with E-state index in [1.807, 2.05) is 13.8 Å². The lowest BCUT2D eigenvalue weighted by Gasteiger charge is -2.23. The van der Waals surface area contributed by atoms with E-state index in [2.05, 4.69) is 9.97 Å². The Balaban J connectivity index is 2.91. The largest absolute Gasteiger partial charge is 0.368 e. The van der Waals surface area contributed by atoms with Gasteiger partial charge in [0, 0.05) is 12.6 Å². The fraction of sp³-hybridized carbons (Fsp3) is 0.500. The Labute approximate surface area is 93.5 Å². The van der Waals surface area contributed by atoms with Crippen molar-refractivity contribution in [1.82, 2.24) is 9.97 Å². The second-order valence-electron chi connectivity index (χ2n) is 4.01. The molecule has 1 heterocycles. The van der Waals surface area contributed by atoms with Crippen molar-refractivity contribution in [2.45, 2.75) is 13.8 Å². The van der Waals surface area contributed by atoms with Gasteiger partial charge in [-0.05, 0) is 5.92 Å². The van der Waals surface area contributed by atoms with Gasteiger partial charge in [0.05, 0.1) is 12.9 Å². The van der Waals surface area contributed by atoms with Crippen molar-refractivity contribution in [3.8, 4) is 0 Å². The maximum atomic E-state index is 11.1. The third-order valence-corrected chi connectivity index (χ3v) is 1.92. The number of nitrogens with one attached hydrogen (secondary N) is 1. The van der Waals surface area contributed by atoms with E-state index in [4.69, 9.17) is 5.73 Å². The molecule has 0 radical (unpaired) electrons. The lowest BCUT2D eigenvalue weighted by atomic mass is 10.2. The van der Waals surface area contributed by atoms with Gasteiger partial charge >= 0.3 is 0 Å². The second-order valence-corrected chi connectivity index (χ2v) is 4.01. The molecule has 0 aliphatic heterocycles. The van der Waals surface area contributed by atoms with Gasteiger partial charge in [-0.15, -0.1) is 0 Å². The Morgan fingerprint density at radius 3 is 2.81 bits per heavy atom. The fourth-order valence-electron chi connectivity index (χ4n) is 1.40. The minimum absolute atomic E-state index is 0.0641. The minimum atomic E-state index is -0.442. The highest BCUT2D eigenvalue weighted by Crippen LogP contribution is 2.08. The molecule has 0 bridgehead atoms. The van der Waals surface area contributed by atoms with Crippen LogP contribution in [0.3, 0.4) is 0 Å². The van der Waals surface area contributed by atoms with E-state index in [1.165, 1.54) is 12.4 Å². The molecule has 1 rings (SSSR count). The van der Waals surface area contributed by atoms with Crippen molar-refractivity contribution < 1.29 is 4.79 Å². The van der Waals surface area contributed by atoms with E-state index in [-0.39, 0.29) is 12.1 Å². The number of nitrogens with zero attached hydrogens (tertiary/aromatic N) is 2. The summed E-state index contributed by atoms with van der Waals surface area (Å²) in [6.45, 7) is 4.72. The summed E-state index contributed by atoms with van der Waals surface area (Å²) in [7, 11) is 0. The third kappa shape index (κ3) is 3.72. The molecule has 0 atom stereocenters. The molecule has 0 aromatic carbocycles. The molecule has 0 saturated carbocycles. The Hall–Kier alpha value is -1.85. The standard InChI is InChI=1S/C10H16N4O2/c1-7(2)4-14(5-8(11)15)9-3-10(16)13-6-12-9/h3,6-7H,4-5H2,1-2H3,(H2,11,15)(H,12,13,16). The van der Waals surface area contributed by atoms with Crippen molar-refractivity contribution >= 4 is 11.7 Å². The van der Waals surface area contributed by atoms with Gasteiger partial charge in [0.15, 0.2) is 0 Å². The summed E-state index contributed by atoms with van der Waals surface area (Å²) in [5.74, 6) is 0.374. The molecule has 0 saturated heterocycles. The summed E-state index contributed by atoms with van der Waals surface area (Å²) in [6.07, 6.45) is 1.31. The number of carbonyl (C=O) groups is 1. The topological polar surface area (TPSA) is 92.1 Å². The molecule has 1 amide bonds. The van der Waals surface area contributed by atoms with Crippen LogP contribution in [0, 0.1) is 5.92 Å². The molecular weight excluding hydrogens is 208 g/mol. The highest BCUT2D eigenvalue weighted by molar-refractivity contribution is 5.79. The zero-order valence-corrected chi connectivity index (χ0v) is 9.43. The number of hydrogen-bond acceptors (Lipinski definition) is 4. The lowest BCUT2D eigenvalue weighted by Crippen LogP contribution is -2.37. The molecule has 3 N–H and O–H groups in total. The smallest absolute Gasteiger partial charge is 0.252 e. The molecule has 6 nitrogen and oxygen atoms in total. The molecule has 88 valence electrons. The Kier molecular flexibility index (Phi) is 4.04. The maximum absolute atomic E-state index is 11.1. The molecule has 6 heteroatoms. The molecule has 0 unspecified atom stereocenters. The van der Waals surface area contributed by atoms with E-state index in [9.17, 15) is 9.59 Å². The van der Waals surface area contributed by atoms with Gasteiger partial charge < -0.3 is 15.6 Å². The summed E-state index contributed by atoms with van der Waals surface area (Å²) in [5.41, 5.74) is 4.90. The van der Waals surface area contributed by atoms with E-state index >= 15 is 0 Å². The summed E-state index contributed by atoms with van der Waals surface area (Å²) in [6, 6.07) is 1.35. The number of carbonyl (C=O) groups excluding carboxylic acids is 1. The fourth-order valence-corrected chi connectivity index (χ4v) is 1.40. The summed E-state index contributed by atoms with van der Waals surface area (Å²) >= 11 is 0. The average Bonchev–Trinajstić information content (AvgIpc) is 2.15. The molecule has 1 aromatic rings. The van der Waals surface area contributed by atoms with Gasteiger partial charge in [-0.3, -0.25) is 9.59 Å². The maximum Gasteiger partial charge on any atom is 0.252 e. The monoisotopic (exact) mass is 224 g/mol. The van der Waals surface area contributed by atoms with Gasteiger partial charge in [0.2, 0.25) is 5.91 Å². The SMILES string of the molecule is CC(C)CN(CC(N)=O)c1cc(=O)[nH]cn1. The molecule has 0 spiro atoms. The zero-order valence-electron chi connectivity index (χ0n) is 9.43. The molecule has 0 aliphatic carbocycles. The molecule has 0 fully saturated rings. The molecular formula is C10H16N4O2. The second kappa shape index (κ2) is 5.29. The molecule has 0 aliphatic rings. The van der Waals surface area contributed by atoms with Crippen LogP contribution in [0.4, 0.5) is 5.82 Å². The first-order chi connectivity index (χ1) is 7.49. The van der Waals surface area contributed by atoms with Crippen LogP contribution >= 0.6 is 0 Å². The number of primary amides is 1. The van der Waals surface area contributed by atoms with Crippen molar-refractivity contribution in [2.75, 3.05) is 18.0 Å². The predicted molar refractivity (Wildman–Crippen MR) is 61.1 cm³/mol. The Morgan fingerprint density at radius 2 is 2.31 bits per heavy atom. The van der Waals surface area contributed by atoms with Crippen LogP contribution in [0.1, 0.15) is 13.8 Å². The number of amides is 1.